The molecular weight excluding hydrogens is 226 g/mol. The number of rotatable bonds is 2. The third-order valence-corrected chi connectivity index (χ3v) is 3.97. The molecule has 0 aliphatic rings. The lowest BCUT2D eigenvalue weighted by Gasteiger charge is -2.08. The van der Waals surface area contributed by atoms with E-state index in [-0.39, 0.29) is 0 Å². The number of hydrogen-bond donors (Lipinski definition) is 1. The van der Waals surface area contributed by atoms with Gasteiger partial charge < -0.3 is 5.73 Å². The van der Waals surface area contributed by atoms with Crippen LogP contribution in [0.15, 0.2) is 46.2 Å². The Hall–Kier alpha value is -1.41. The van der Waals surface area contributed by atoms with Crippen molar-refractivity contribution in [2.75, 3.05) is 5.73 Å². The Morgan fingerprint density at radius 1 is 0.882 bits per heavy atom. The summed E-state index contributed by atoms with van der Waals surface area (Å²) in [6.07, 6.45) is 0. The lowest BCUT2D eigenvalue weighted by Crippen LogP contribution is -1.89. The molecule has 2 rings (SSSR count). The van der Waals surface area contributed by atoms with Crippen molar-refractivity contribution in [2.45, 2.75) is 30.6 Å². The van der Waals surface area contributed by atoms with E-state index in [9.17, 15) is 0 Å². The molecule has 0 radical (unpaired) electrons. The molecule has 2 heteroatoms. The summed E-state index contributed by atoms with van der Waals surface area (Å²) in [5, 5.41) is 0. The normalized spacial score (nSPS) is 10.5. The number of anilines is 1. The van der Waals surface area contributed by atoms with Crippen LogP contribution in [-0.2, 0) is 0 Å². The number of nitrogens with two attached hydrogens (primary N) is 1. The Morgan fingerprint density at radius 2 is 1.59 bits per heavy atom. The molecular formula is C15H17NS. The zero-order valence-electron chi connectivity index (χ0n) is 10.4. The van der Waals surface area contributed by atoms with Gasteiger partial charge in [0.2, 0.25) is 0 Å². The molecule has 0 amide bonds. The van der Waals surface area contributed by atoms with E-state index in [1.807, 2.05) is 13.0 Å². The van der Waals surface area contributed by atoms with E-state index in [4.69, 9.17) is 5.73 Å². The van der Waals surface area contributed by atoms with Gasteiger partial charge in [0.25, 0.3) is 0 Å². The van der Waals surface area contributed by atoms with Gasteiger partial charge in [-0.05, 0) is 55.7 Å². The first-order valence-corrected chi connectivity index (χ1v) is 6.49. The topological polar surface area (TPSA) is 26.0 Å². The molecule has 1 nitrogen and oxygen atoms in total. The molecule has 0 unspecified atom stereocenters. The first-order valence-electron chi connectivity index (χ1n) is 5.67. The highest BCUT2D eigenvalue weighted by molar-refractivity contribution is 7.99. The first kappa shape index (κ1) is 12.1. The molecule has 17 heavy (non-hydrogen) atoms. The van der Waals surface area contributed by atoms with Gasteiger partial charge in [0, 0.05) is 15.5 Å². The van der Waals surface area contributed by atoms with Crippen LogP contribution in [-0.4, -0.2) is 0 Å². The maximum Gasteiger partial charge on any atom is 0.0355 e. The van der Waals surface area contributed by atoms with Crippen LogP contribution in [0.3, 0.4) is 0 Å². The van der Waals surface area contributed by atoms with Gasteiger partial charge >= 0.3 is 0 Å². The largest absolute Gasteiger partial charge is 0.398 e. The van der Waals surface area contributed by atoms with E-state index in [0.29, 0.717) is 0 Å². The summed E-state index contributed by atoms with van der Waals surface area (Å²) in [7, 11) is 0. The van der Waals surface area contributed by atoms with E-state index in [0.717, 1.165) is 11.3 Å². The second-order valence-corrected chi connectivity index (χ2v) is 5.50. The number of aryl methyl sites for hydroxylation is 3. The van der Waals surface area contributed by atoms with Gasteiger partial charge in [0.15, 0.2) is 0 Å². The van der Waals surface area contributed by atoms with E-state index in [2.05, 4.69) is 44.2 Å². The molecule has 2 aromatic carbocycles. The van der Waals surface area contributed by atoms with E-state index in [1.54, 1.807) is 11.8 Å². The maximum atomic E-state index is 5.93. The molecule has 88 valence electrons. The summed E-state index contributed by atoms with van der Waals surface area (Å²) in [6.45, 7) is 6.29. The lowest BCUT2D eigenvalue weighted by atomic mass is 10.2. The fraction of sp³-hybridized carbons (Fsp3) is 0.200. The first-order chi connectivity index (χ1) is 8.06. The van der Waals surface area contributed by atoms with Gasteiger partial charge in [-0.2, -0.15) is 0 Å². The third-order valence-electron chi connectivity index (χ3n) is 2.82. The summed E-state index contributed by atoms with van der Waals surface area (Å²) in [5.41, 5.74) is 10.5. The fourth-order valence-electron chi connectivity index (χ4n) is 1.63. The highest BCUT2D eigenvalue weighted by atomic mass is 32.2. The van der Waals surface area contributed by atoms with Crippen molar-refractivity contribution in [1.29, 1.82) is 0 Å². The van der Waals surface area contributed by atoms with E-state index in [1.165, 1.54) is 20.9 Å². The van der Waals surface area contributed by atoms with Crippen molar-refractivity contribution >= 4 is 17.4 Å². The molecule has 0 saturated heterocycles. The zero-order valence-corrected chi connectivity index (χ0v) is 11.3. The number of nitrogen functional groups attached to an aromatic ring is 1. The van der Waals surface area contributed by atoms with Crippen LogP contribution in [0.1, 0.15) is 16.7 Å². The van der Waals surface area contributed by atoms with Crippen molar-refractivity contribution in [2.24, 2.45) is 0 Å². The molecule has 0 atom stereocenters. The van der Waals surface area contributed by atoms with Crippen LogP contribution >= 0.6 is 11.8 Å². The van der Waals surface area contributed by atoms with Crippen LogP contribution in [0.2, 0.25) is 0 Å². The SMILES string of the molecule is Cc1ccc(C)c(Sc2ccc(C)c(N)c2)c1. The van der Waals surface area contributed by atoms with Crippen LogP contribution in [0.25, 0.3) is 0 Å². The lowest BCUT2D eigenvalue weighted by molar-refractivity contribution is 1.25. The fourth-order valence-corrected chi connectivity index (χ4v) is 2.68. The summed E-state index contributed by atoms with van der Waals surface area (Å²) in [5.74, 6) is 0. The van der Waals surface area contributed by atoms with Crippen LogP contribution in [0.5, 0.6) is 0 Å². The van der Waals surface area contributed by atoms with Crippen LogP contribution < -0.4 is 5.73 Å². The molecule has 0 spiro atoms. The van der Waals surface area contributed by atoms with Gasteiger partial charge in [-0.25, -0.2) is 0 Å². The predicted molar refractivity (Wildman–Crippen MR) is 75.6 cm³/mol. The molecule has 0 saturated carbocycles. The Bertz CT molecular complexity index is 547. The quantitative estimate of drug-likeness (QED) is 0.794. The standard InChI is InChI=1S/C15H17NS/c1-10-4-5-12(3)15(8-10)17-13-7-6-11(2)14(16)9-13/h4-9H,16H2,1-3H3. The average Bonchev–Trinajstić information content (AvgIpc) is 2.29. The zero-order chi connectivity index (χ0) is 12.4. The average molecular weight is 243 g/mol. The minimum Gasteiger partial charge on any atom is -0.398 e. The van der Waals surface area contributed by atoms with E-state index >= 15 is 0 Å². The van der Waals surface area contributed by atoms with Crippen molar-refractivity contribution in [1.82, 2.24) is 0 Å². The second-order valence-electron chi connectivity index (χ2n) is 4.39. The molecule has 0 bridgehead atoms. The Kier molecular flexibility index (Phi) is 3.43. The Morgan fingerprint density at radius 3 is 2.29 bits per heavy atom. The van der Waals surface area contributed by atoms with Crippen LogP contribution in [0.4, 0.5) is 5.69 Å². The van der Waals surface area contributed by atoms with Crippen molar-refractivity contribution < 1.29 is 0 Å². The van der Waals surface area contributed by atoms with Gasteiger partial charge in [-0.15, -0.1) is 0 Å². The second kappa shape index (κ2) is 4.84. The van der Waals surface area contributed by atoms with Crippen molar-refractivity contribution in [3.8, 4) is 0 Å². The number of hydrogen-bond acceptors (Lipinski definition) is 2. The molecule has 0 fully saturated rings. The summed E-state index contributed by atoms with van der Waals surface area (Å²) >= 11 is 1.77. The van der Waals surface area contributed by atoms with Crippen LogP contribution in [0, 0.1) is 20.8 Å². The monoisotopic (exact) mass is 243 g/mol. The molecule has 2 N–H and O–H groups in total. The number of benzene rings is 2. The smallest absolute Gasteiger partial charge is 0.0355 e. The van der Waals surface area contributed by atoms with Gasteiger partial charge in [-0.1, -0.05) is 30.0 Å². The third kappa shape index (κ3) is 2.83. The minimum atomic E-state index is 0.861. The van der Waals surface area contributed by atoms with Gasteiger partial charge in [-0.3, -0.25) is 0 Å². The predicted octanol–water partition coefficient (Wildman–Crippen LogP) is 4.35. The highest BCUT2D eigenvalue weighted by Crippen LogP contribution is 2.32. The summed E-state index contributed by atoms with van der Waals surface area (Å²) in [6, 6.07) is 12.8. The minimum absolute atomic E-state index is 0.861. The van der Waals surface area contributed by atoms with Crippen molar-refractivity contribution in [3.63, 3.8) is 0 Å². The van der Waals surface area contributed by atoms with Crippen molar-refractivity contribution in [3.05, 3.63) is 53.1 Å². The highest BCUT2D eigenvalue weighted by Gasteiger charge is 2.03. The summed E-state index contributed by atoms with van der Waals surface area (Å²) in [4.78, 5) is 2.50. The Balaban J connectivity index is 2.31. The van der Waals surface area contributed by atoms with Gasteiger partial charge in [0.1, 0.15) is 0 Å². The molecule has 0 aliphatic carbocycles. The van der Waals surface area contributed by atoms with E-state index < -0.39 is 0 Å². The molecule has 2 aromatic rings. The molecule has 0 heterocycles. The molecule has 0 aromatic heterocycles. The maximum absolute atomic E-state index is 5.93. The Labute approximate surface area is 107 Å². The molecule has 0 aliphatic heterocycles. The summed E-state index contributed by atoms with van der Waals surface area (Å²) < 4.78 is 0. The van der Waals surface area contributed by atoms with Gasteiger partial charge in [0.05, 0.1) is 0 Å².